The summed E-state index contributed by atoms with van der Waals surface area (Å²) < 4.78 is 0. The van der Waals surface area contributed by atoms with Crippen molar-refractivity contribution in [2.24, 2.45) is 5.92 Å². The highest BCUT2D eigenvalue weighted by Crippen LogP contribution is 2.37. The summed E-state index contributed by atoms with van der Waals surface area (Å²) in [4.78, 5) is 30.1. The van der Waals surface area contributed by atoms with Gasteiger partial charge in [-0.25, -0.2) is 4.79 Å². The normalized spacial score (nSPS) is 26.9. The highest BCUT2D eigenvalue weighted by molar-refractivity contribution is 5.82. The average molecular weight is 302 g/mol. The Balaban J connectivity index is 1.46. The monoisotopic (exact) mass is 302 g/mol. The Hall–Kier alpha value is -2.11. The molecule has 1 saturated carbocycles. The number of aromatic nitrogens is 1. The van der Waals surface area contributed by atoms with E-state index in [0.29, 0.717) is 31.5 Å². The summed E-state index contributed by atoms with van der Waals surface area (Å²) in [7, 11) is 0. The van der Waals surface area contributed by atoms with Crippen molar-refractivity contribution in [3.8, 4) is 0 Å². The zero-order valence-electron chi connectivity index (χ0n) is 13.0. The molecule has 2 heterocycles. The van der Waals surface area contributed by atoms with Gasteiger partial charge in [0.25, 0.3) is 0 Å². The number of hydrogen-bond donors (Lipinski definition) is 2. The van der Waals surface area contributed by atoms with E-state index in [2.05, 4.69) is 22.5 Å². The van der Waals surface area contributed by atoms with Crippen LogP contribution in [0, 0.1) is 12.8 Å². The van der Waals surface area contributed by atoms with Crippen molar-refractivity contribution in [3.05, 3.63) is 29.6 Å². The van der Waals surface area contributed by atoms with Crippen LogP contribution < -0.4 is 10.6 Å². The second-order valence-electron chi connectivity index (χ2n) is 6.32. The van der Waals surface area contributed by atoms with Crippen molar-refractivity contribution < 1.29 is 9.59 Å². The molecule has 118 valence electrons. The molecule has 3 amide bonds. The standard InChI is InChI=1S/C16H22N4O2/c1-10-4-3-5-17-13(10)8-18-16(22)19-12-7-15(21)20(9-12)14-6-11(14)2/h3-5,11-12,14H,6-9H2,1-2H3,(H2,18,19,22)/t11-,12-,14-/m1/s1. The van der Waals surface area contributed by atoms with Crippen LogP contribution in [0.2, 0.25) is 0 Å². The summed E-state index contributed by atoms with van der Waals surface area (Å²) in [5.74, 6) is 0.754. The maximum absolute atomic E-state index is 12.0. The number of nitrogens with zero attached hydrogens (tertiary/aromatic N) is 2. The second kappa shape index (κ2) is 5.94. The smallest absolute Gasteiger partial charge is 0.315 e. The lowest BCUT2D eigenvalue weighted by atomic mass is 10.2. The number of urea groups is 1. The first-order chi connectivity index (χ1) is 10.5. The van der Waals surface area contributed by atoms with Crippen molar-refractivity contribution >= 4 is 11.9 Å². The van der Waals surface area contributed by atoms with Crippen LogP contribution in [0.15, 0.2) is 18.3 Å². The van der Waals surface area contributed by atoms with E-state index in [1.807, 2.05) is 24.0 Å². The molecule has 0 bridgehead atoms. The average Bonchev–Trinajstić information content (AvgIpc) is 3.09. The largest absolute Gasteiger partial charge is 0.337 e. The summed E-state index contributed by atoms with van der Waals surface area (Å²) in [6.45, 7) is 5.14. The van der Waals surface area contributed by atoms with Crippen molar-refractivity contribution in [2.45, 2.75) is 45.3 Å². The minimum absolute atomic E-state index is 0.0925. The van der Waals surface area contributed by atoms with Gasteiger partial charge in [-0.1, -0.05) is 13.0 Å². The van der Waals surface area contributed by atoms with Gasteiger partial charge in [0, 0.05) is 25.2 Å². The fraction of sp³-hybridized carbons (Fsp3) is 0.562. The third kappa shape index (κ3) is 3.21. The zero-order chi connectivity index (χ0) is 15.7. The van der Waals surface area contributed by atoms with E-state index in [9.17, 15) is 9.59 Å². The Morgan fingerprint density at radius 2 is 2.27 bits per heavy atom. The van der Waals surface area contributed by atoms with E-state index in [0.717, 1.165) is 17.7 Å². The van der Waals surface area contributed by atoms with Crippen LogP contribution in [0.25, 0.3) is 0 Å². The highest BCUT2D eigenvalue weighted by atomic mass is 16.2. The zero-order valence-corrected chi connectivity index (χ0v) is 13.0. The van der Waals surface area contributed by atoms with Gasteiger partial charge in [-0.05, 0) is 30.9 Å². The van der Waals surface area contributed by atoms with Crippen LogP contribution in [-0.2, 0) is 11.3 Å². The van der Waals surface area contributed by atoms with Gasteiger partial charge in [0.2, 0.25) is 5.91 Å². The molecule has 0 unspecified atom stereocenters. The number of rotatable bonds is 4. The van der Waals surface area contributed by atoms with Gasteiger partial charge in [-0.15, -0.1) is 0 Å². The summed E-state index contributed by atoms with van der Waals surface area (Å²) in [6, 6.07) is 3.89. The van der Waals surface area contributed by atoms with Crippen LogP contribution in [0.5, 0.6) is 0 Å². The minimum Gasteiger partial charge on any atom is -0.337 e. The fourth-order valence-electron chi connectivity index (χ4n) is 2.99. The van der Waals surface area contributed by atoms with E-state index in [1.54, 1.807) is 6.20 Å². The van der Waals surface area contributed by atoms with E-state index in [4.69, 9.17) is 0 Å². The van der Waals surface area contributed by atoms with Gasteiger partial charge in [0.05, 0.1) is 18.3 Å². The molecule has 6 nitrogen and oxygen atoms in total. The third-order valence-electron chi connectivity index (χ3n) is 4.50. The van der Waals surface area contributed by atoms with Crippen LogP contribution in [0.1, 0.15) is 31.0 Å². The molecule has 22 heavy (non-hydrogen) atoms. The van der Waals surface area contributed by atoms with Gasteiger partial charge >= 0.3 is 6.03 Å². The lowest BCUT2D eigenvalue weighted by Crippen LogP contribution is -2.43. The molecule has 3 rings (SSSR count). The van der Waals surface area contributed by atoms with Gasteiger partial charge in [0.1, 0.15) is 0 Å². The van der Waals surface area contributed by atoms with E-state index >= 15 is 0 Å². The third-order valence-corrected chi connectivity index (χ3v) is 4.50. The summed E-state index contributed by atoms with van der Waals surface area (Å²) >= 11 is 0. The Labute approximate surface area is 130 Å². The number of carbonyl (C=O) groups excluding carboxylic acids is 2. The summed E-state index contributed by atoms with van der Waals surface area (Å²) in [5, 5.41) is 5.69. The summed E-state index contributed by atoms with van der Waals surface area (Å²) in [5.41, 5.74) is 1.90. The topological polar surface area (TPSA) is 74.3 Å². The van der Waals surface area contributed by atoms with E-state index in [1.165, 1.54) is 0 Å². The molecule has 1 aromatic rings. The van der Waals surface area contributed by atoms with Crippen molar-refractivity contribution in [1.82, 2.24) is 20.5 Å². The number of hydrogen-bond acceptors (Lipinski definition) is 3. The molecule has 6 heteroatoms. The van der Waals surface area contributed by atoms with Crippen molar-refractivity contribution in [3.63, 3.8) is 0 Å². The van der Waals surface area contributed by atoms with Crippen LogP contribution in [0.4, 0.5) is 4.79 Å². The Morgan fingerprint density at radius 3 is 2.95 bits per heavy atom. The summed E-state index contributed by atoms with van der Waals surface area (Å²) in [6.07, 6.45) is 3.20. The molecular weight excluding hydrogens is 280 g/mol. The number of aryl methyl sites for hydroxylation is 1. The molecule has 2 fully saturated rings. The van der Waals surface area contributed by atoms with Gasteiger partial charge in [0.15, 0.2) is 0 Å². The number of likely N-dealkylation sites (tertiary alicyclic amines) is 1. The predicted molar refractivity (Wildman–Crippen MR) is 82.0 cm³/mol. The Morgan fingerprint density at radius 1 is 1.50 bits per heavy atom. The van der Waals surface area contributed by atoms with Gasteiger partial charge in [-0.3, -0.25) is 9.78 Å². The molecule has 2 N–H and O–H groups in total. The van der Waals surface area contributed by atoms with E-state index < -0.39 is 0 Å². The Kier molecular flexibility index (Phi) is 4.00. The van der Waals surface area contributed by atoms with Gasteiger partial charge < -0.3 is 15.5 Å². The first kappa shape index (κ1) is 14.8. The second-order valence-corrected chi connectivity index (χ2v) is 6.32. The molecule has 1 aliphatic heterocycles. The molecule has 1 aromatic heterocycles. The molecule has 1 saturated heterocycles. The highest BCUT2D eigenvalue weighted by Gasteiger charge is 2.44. The van der Waals surface area contributed by atoms with Crippen molar-refractivity contribution in [1.29, 1.82) is 0 Å². The maximum atomic E-state index is 12.0. The predicted octanol–water partition coefficient (Wildman–Crippen LogP) is 1.20. The number of amides is 3. The maximum Gasteiger partial charge on any atom is 0.315 e. The molecule has 3 atom stereocenters. The number of pyridine rings is 1. The number of carbonyl (C=O) groups is 2. The fourth-order valence-corrected chi connectivity index (χ4v) is 2.99. The molecule has 2 aliphatic rings. The quantitative estimate of drug-likeness (QED) is 0.877. The van der Waals surface area contributed by atoms with Crippen LogP contribution in [-0.4, -0.2) is 40.5 Å². The SMILES string of the molecule is Cc1cccnc1CNC(=O)N[C@@H]1CC(=O)N([C@@H]2C[C@H]2C)C1. The molecule has 0 spiro atoms. The molecule has 0 aromatic carbocycles. The molecular formula is C16H22N4O2. The lowest BCUT2D eigenvalue weighted by molar-refractivity contribution is -0.128. The Bertz CT molecular complexity index is 589. The first-order valence-electron chi connectivity index (χ1n) is 7.79. The van der Waals surface area contributed by atoms with Gasteiger partial charge in [-0.2, -0.15) is 0 Å². The van der Waals surface area contributed by atoms with E-state index in [-0.39, 0.29) is 18.0 Å². The molecule has 0 radical (unpaired) electrons. The lowest BCUT2D eigenvalue weighted by Gasteiger charge is -2.17. The minimum atomic E-state index is -0.242. The van der Waals surface area contributed by atoms with Crippen LogP contribution >= 0.6 is 0 Å². The first-order valence-corrected chi connectivity index (χ1v) is 7.79. The number of nitrogens with one attached hydrogen (secondary N) is 2. The van der Waals surface area contributed by atoms with Crippen LogP contribution in [0.3, 0.4) is 0 Å². The van der Waals surface area contributed by atoms with Crippen molar-refractivity contribution in [2.75, 3.05) is 6.54 Å². The molecule has 1 aliphatic carbocycles.